The Balaban J connectivity index is 1.83. The molecule has 5 heteroatoms. The Morgan fingerprint density at radius 1 is 1.05 bits per heavy atom. The first-order chi connectivity index (χ1) is 9.71. The molecular weight excluding hydrogens is 256 g/mol. The second-order valence-corrected chi connectivity index (χ2v) is 5.05. The van der Waals surface area contributed by atoms with Gasteiger partial charge in [-0.25, -0.2) is 4.79 Å². The van der Waals surface area contributed by atoms with Crippen LogP contribution in [0, 0.1) is 0 Å². The molecule has 0 heterocycles. The number of nitrogens with one attached hydrogen (secondary N) is 2. The lowest BCUT2D eigenvalue weighted by Gasteiger charge is -2.28. The van der Waals surface area contributed by atoms with Gasteiger partial charge in [0.2, 0.25) is 0 Å². The van der Waals surface area contributed by atoms with Gasteiger partial charge in [-0.2, -0.15) is 0 Å². The molecule has 2 N–H and O–H groups in total. The monoisotopic (exact) mass is 278 g/mol. The predicted molar refractivity (Wildman–Crippen MR) is 79.1 cm³/mol. The van der Waals surface area contributed by atoms with Gasteiger partial charge in [0.05, 0.1) is 13.2 Å². The van der Waals surface area contributed by atoms with Gasteiger partial charge in [0.15, 0.2) is 0 Å². The van der Waals surface area contributed by atoms with Crippen molar-refractivity contribution in [1.29, 1.82) is 0 Å². The number of ether oxygens (including phenoxy) is 2. The molecule has 110 valence electrons. The molecule has 0 unspecified atom stereocenters. The van der Waals surface area contributed by atoms with Crippen LogP contribution in [-0.4, -0.2) is 32.5 Å². The molecule has 5 nitrogen and oxygen atoms in total. The minimum absolute atomic E-state index is 0.416. The first-order valence-corrected chi connectivity index (χ1v) is 6.95. The van der Waals surface area contributed by atoms with Gasteiger partial charge in [-0.15, -0.1) is 0 Å². The van der Waals surface area contributed by atoms with Crippen LogP contribution < -0.4 is 10.6 Å². The van der Waals surface area contributed by atoms with E-state index in [1.807, 2.05) is 24.3 Å². The Kier molecular flexibility index (Phi) is 5.24. The standard InChI is InChI=1S/C15H22N2O3/c1-19-14-9-7-12(8-10-14)16-11-3-5-13(6-4-11)17-15(18)20-2/h3-6,12,14,16H,7-10H2,1-2H3,(H,17,18). The largest absolute Gasteiger partial charge is 0.453 e. The summed E-state index contributed by atoms with van der Waals surface area (Å²) in [5, 5.41) is 6.15. The molecule has 1 aromatic rings. The fourth-order valence-corrected chi connectivity index (χ4v) is 2.50. The van der Waals surface area contributed by atoms with E-state index in [9.17, 15) is 4.79 Å². The van der Waals surface area contributed by atoms with Crippen LogP contribution >= 0.6 is 0 Å². The van der Waals surface area contributed by atoms with E-state index in [4.69, 9.17) is 4.74 Å². The number of methoxy groups -OCH3 is 2. The van der Waals surface area contributed by atoms with Crippen LogP contribution in [0.2, 0.25) is 0 Å². The average Bonchev–Trinajstić information content (AvgIpc) is 2.50. The molecule has 1 amide bonds. The number of rotatable bonds is 4. The number of hydrogen-bond donors (Lipinski definition) is 2. The summed E-state index contributed by atoms with van der Waals surface area (Å²) in [6.45, 7) is 0. The third kappa shape index (κ3) is 4.13. The number of carbonyl (C=O) groups excluding carboxylic acids is 1. The highest BCUT2D eigenvalue weighted by Crippen LogP contribution is 2.24. The van der Waals surface area contributed by atoms with E-state index in [0.29, 0.717) is 12.1 Å². The lowest BCUT2D eigenvalue weighted by atomic mass is 9.93. The van der Waals surface area contributed by atoms with Gasteiger partial charge in [0.25, 0.3) is 0 Å². The van der Waals surface area contributed by atoms with Crippen molar-refractivity contribution in [2.45, 2.75) is 37.8 Å². The summed E-state index contributed by atoms with van der Waals surface area (Å²) in [5.41, 5.74) is 1.80. The molecule has 1 saturated carbocycles. The second kappa shape index (κ2) is 7.14. The van der Waals surface area contributed by atoms with Crippen LogP contribution in [0.1, 0.15) is 25.7 Å². The molecule has 0 bridgehead atoms. The Hall–Kier alpha value is -1.75. The Labute approximate surface area is 119 Å². The maximum atomic E-state index is 11.1. The molecule has 0 saturated heterocycles. The predicted octanol–water partition coefficient (Wildman–Crippen LogP) is 3.23. The second-order valence-electron chi connectivity index (χ2n) is 5.05. The zero-order valence-electron chi connectivity index (χ0n) is 12.0. The van der Waals surface area contributed by atoms with Crippen LogP contribution in [0.4, 0.5) is 16.2 Å². The zero-order valence-corrected chi connectivity index (χ0v) is 12.0. The molecule has 0 aliphatic heterocycles. The summed E-state index contributed by atoms with van der Waals surface area (Å²) >= 11 is 0. The number of carbonyl (C=O) groups is 1. The minimum atomic E-state index is -0.455. The van der Waals surface area contributed by atoms with Gasteiger partial charge < -0.3 is 14.8 Å². The summed E-state index contributed by atoms with van der Waals surface area (Å²) in [6.07, 6.45) is 4.43. The van der Waals surface area contributed by atoms with E-state index in [2.05, 4.69) is 15.4 Å². The van der Waals surface area contributed by atoms with Gasteiger partial charge in [-0.05, 0) is 49.9 Å². The third-order valence-electron chi connectivity index (χ3n) is 3.70. The fourth-order valence-electron chi connectivity index (χ4n) is 2.50. The van der Waals surface area contributed by atoms with Gasteiger partial charge in [0, 0.05) is 24.5 Å². The minimum Gasteiger partial charge on any atom is -0.453 e. The van der Waals surface area contributed by atoms with Crippen LogP contribution in [0.3, 0.4) is 0 Å². The maximum absolute atomic E-state index is 11.1. The van der Waals surface area contributed by atoms with E-state index >= 15 is 0 Å². The topological polar surface area (TPSA) is 59.6 Å². The number of amides is 1. The Morgan fingerprint density at radius 3 is 2.20 bits per heavy atom. The van der Waals surface area contributed by atoms with Crippen molar-refractivity contribution in [3.05, 3.63) is 24.3 Å². The van der Waals surface area contributed by atoms with Crippen molar-refractivity contribution >= 4 is 17.5 Å². The van der Waals surface area contributed by atoms with E-state index in [1.54, 1.807) is 7.11 Å². The van der Waals surface area contributed by atoms with Crippen molar-refractivity contribution in [1.82, 2.24) is 0 Å². The highest BCUT2D eigenvalue weighted by atomic mass is 16.5. The molecule has 0 atom stereocenters. The summed E-state index contributed by atoms with van der Waals surface area (Å²) < 4.78 is 9.92. The summed E-state index contributed by atoms with van der Waals surface area (Å²) in [4.78, 5) is 11.1. The lowest BCUT2D eigenvalue weighted by Crippen LogP contribution is -2.29. The number of hydrogen-bond acceptors (Lipinski definition) is 4. The third-order valence-corrected chi connectivity index (χ3v) is 3.70. The van der Waals surface area contributed by atoms with Crippen molar-refractivity contribution in [3.63, 3.8) is 0 Å². The first-order valence-electron chi connectivity index (χ1n) is 6.95. The quantitative estimate of drug-likeness (QED) is 0.887. The summed E-state index contributed by atoms with van der Waals surface area (Å²) in [6, 6.07) is 8.15. The molecule has 20 heavy (non-hydrogen) atoms. The molecular formula is C15H22N2O3. The fraction of sp³-hybridized carbons (Fsp3) is 0.533. The first kappa shape index (κ1) is 14.7. The van der Waals surface area contributed by atoms with Crippen molar-refractivity contribution < 1.29 is 14.3 Å². The summed E-state index contributed by atoms with van der Waals surface area (Å²) in [5.74, 6) is 0. The van der Waals surface area contributed by atoms with Crippen LogP contribution in [-0.2, 0) is 9.47 Å². The van der Waals surface area contributed by atoms with E-state index in [-0.39, 0.29) is 0 Å². The molecule has 1 aliphatic carbocycles. The van der Waals surface area contributed by atoms with Gasteiger partial charge >= 0.3 is 6.09 Å². The van der Waals surface area contributed by atoms with E-state index < -0.39 is 6.09 Å². The molecule has 2 rings (SSSR count). The maximum Gasteiger partial charge on any atom is 0.411 e. The Morgan fingerprint density at radius 2 is 1.65 bits per heavy atom. The van der Waals surface area contributed by atoms with Crippen LogP contribution in [0.25, 0.3) is 0 Å². The van der Waals surface area contributed by atoms with Crippen molar-refractivity contribution in [2.75, 3.05) is 24.9 Å². The molecule has 0 aromatic heterocycles. The van der Waals surface area contributed by atoms with Crippen molar-refractivity contribution in [3.8, 4) is 0 Å². The smallest absolute Gasteiger partial charge is 0.411 e. The Bertz CT molecular complexity index is 425. The van der Waals surface area contributed by atoms with E-state index in [0.717, 1.165) is 37.1 Å². The van der Waals surface area contributed by atoms with Gasteiger partial charge in [-0.1, -0.05) is 0 Å². The normalized spacial score (nSPS) is 22.1. The highest BCUT2D eigenvalue weighted by Gasteiger charge is 2.20. The molecule has 0 radical (unpaired) electrons. The summed E-state index contributed by atoms with van der Waals surface area (Å²) in [7, 11) is 3.13. The van der Waals surface area contributed by atoms with Crippen LogP contribution in [0.5, 0.6) is 0 Å². The SMILES string of the molecule is COC(=O)Nc1ccc(NC2CCC(OC)CC2)cc1. The van der Waals surface area contributed by atoms with Crippen molar-refractivity contribution in [2.24, 2.45) is 0 Å². The average molecular weight is 278 g/mol. The molecule has 1 fully saturated rings. The molecule has 1 aromatic carbocycles. The van der Waals surface area contributed by atoms with Gasteiger partial charge in [-0.3, -0.25) is 5.32 Å². The van der Waals surface area contributed by atoms with Crippen LogP contribution in [0.15, 0.2) is 24.3 Å². The molecule has 0 spiro atoms. The van der Waals surface area contributed by atoms with E-state index in [1.165, 1.54) is 7.11 Å². The van der Waals surface area contributed by atoms with Gasteiger partial charge in [0.1, 0.15) is 0 Å². The highest BCUT2D eigenvalue weighted by molar-refractivity contribution is 5.84. The molecule has 1 aliphatic rings. The lowest BCUT2D eigenvalue weighted by molar-refractivity contribution is 0.0682. The number of benzene rings is 1. The number of anilines is 2. The zero-order chi connectivity index (χ0) is 14.4.